The van der Waals surface area contributed by atoms with Gasteiger partial charge >= 0.3 is 0 Å². The van der Waals surface area contributed by atoms with Crippen LogP contribution in [0.25, 0.3) is 10.6 Å². The standard InChI is InChI=1S/C17H17N2OS/c1-20-16-9-5-4-8-15(16)17-19-12-14(21-17)11-18-10-13-6-2-3-7-13/h2-9,12,18H,10-11H2,1H3/q-1. The number of rotatable bonds is 6. The molecule has 0 saturated carbocycles. The first-order chi connectivity index (χ1) is 10.4. The van der Waals surface area contributed by atoms with Gasteiger partial charge in [0, 0.05) is 17.6 Å². The van der Waals surface area contributed by atoms with Gasteiger partial charge in [-0.25, -0.2) is 11.1 Å². The third-order valence-corrected chi connectivity index (χ3v) is 4.28. The van der Waals surface area contributed by atoms with E-state index in [1.807, 2.05) is 30.5 Å². The Hall–Kier alpha value is -2.04. The van der Waals surface area contributed by atoms with Crippen LogP contribution in [0.1, 0.15) is 10.4 Å². The third-order valence-electron chi connectivity index (χ3n) is 3.25. The van der Waals surface area contributed by atoms with Gasteiger partial charge in [-0.05, 0) is 18.7 Å². The Bertz CT molecular complexity index is 688. The highest BCUT2D eigenvalue weighted by molar-refractivity contribution is 7.15. The van der Waals surface area contributed by atoms with Crippen LogP contribution in [-0.4, -0.2) is 12.1 Å². The molecule has 21 heavy (non-hydrogen) atoms. The van der Waals surface area contributed by atoms with Gasteiger partial charge in [0.05, 0.1) is 12.7 Å². The molecule has 0 spiro atoms. The molecule has 2 aromatic carbocycles. The first kappa shape index (κ1) is 13.9. The van der Waals surface area contributed by atoms with Gasteiger partial charge in [0.25, 0.3) is 0 Å². The second-order valence-electron chi connectivity index (χ2n) is 4.73. The Balaban J connectivity index is 1.66. The Kier molecular flexibility index (Phi) is 4.38. The molecule has 0 aliphatic heterocycles. The van der Waals surface area contributed by atoms with Gasteiger partial charge < -0.3 is 10.1 Å². The Morgan fingerprint density at radius 3 is 2.95 bits per heavy atom. The van der Waals surface area contributed by atoms with E-state index in [1.54, 1.807) is 18.4 Å². The molecule has 0 fully saturated rings. The van der Waals surface area contributed by atoms with Crippen LogP contribution in [0.15, 0.2) is 54.7 Å². The summed E-state index contributed by atoms with van der Waals surface area (Å²) in [5.41, 5.74) is 2.36. The van der Waals surface area contributed by atoms with Crippen molar-refractivity contribution in [2.75, 3.05) is 7.11 Å². The number of benzene rings is 1. The van der Waals surface area contributed by atoms with E-state index in [1.165, 1.54) is 10.4 Å². The van der Waals surface area contributed by atoms with E-state index < -0.39 is 0 Å². The lowest BCUT2D eigenvalue weighted by Crippen LogP contribution is -2.10. The molecule has 0 atom stereocenters. The predicted octanol–water partition coefficient (Wildman–Crippen LogP) is 3.83. The van der Waals surface area contributed by atoms with E-state index in [4.69, 9.17) is 4.74 Å². The molecule has 1 aromatic heterocycles. The summed E-state index contributed by atoms with van der Waals surface area (Å²) in [4.78, 5) is 5.73. The first-order valence-electron chi connectivity index (χ1n) is 6.86. The summed E-state index contributed by atoms with van der Waals surface area (Å²) in [6.45, 7) is 1.72. The SMILES string of the molecule is COc1ccccc1-c1ncc(CNCc2cc[cH-]c2)s1. The molecular formula is C17H17N2OS-. The van der Waals surface area contributed by atoms with Crippen molar-refractivity contribution in [2.24, 2.45) is 0 Å². The minimum atomic E-state index is 0.831. The fraction of sp³-hybridized carbons (Fsp3) is 0.176. The van der Waals surface area contributed by atoms with E-state index in [0.717, 1.165) is 29.4 Å². The molecule has 0 amide bonds. The normalized spacial score (nSPS) is 10.7. The average molecular weight is 297 g/mol. The van der Waals surface area contributed by atoms with Crippen molar-refractivity contribution in [1.29, 1.82) is 0 Å². The van der Waals surface area contributed by atoms with Crippen molar-refractivity contribution in [3.8, 4) is 16.3 Å². The zero-order valence-corrected chi connectivity index (χ0v) is 12.7. The average Bonchev–Trinajstić information content (AvgIpc) is 3.19. The van der Waals surface area contributed by atoms with E-state index >= 15 is 0 Å². The highest BCUT2D eigenvalue weighted by atomic mass is 32.1. The monoisotopic (exact) mass is 297 g/mol. The molecule has 0 aliphatic rings. The number of methoxy groups -OCH3 is 1. The lowest BCUT2D eigenvalue weighted by molar-refractivity contribution is 0.416. The maximum atomic E-state index is 5.39. The molecule has 1 heterocycles. The van der Waals surface area contributed by atoms with Crippen molar-refractivity contribution in [1.82, 2.24) is 10.3 Å². The summed E-state index contributed by atoms with van der Waals surface area (Å²) < 4.78 is 5.39. The highest BCUT2D eigenvalue weighted by Crippen LogP contribution is 2.32. The van der Waals surface area contributed by atoms with Crippen LogP contribution in [0, 0.1) is 0 Å². The molecule has 3 aromatic rings. The molecule has 3 rings (SSSR count). The number of nitrogens with one attached hydrogen (secondary N) is 1. The fourth-order valence-electron chi connectivity index (χ4n) is 2.20. The van der Waals surface area contributed by atoms with Gasteiger partial charge in [0.1, 0.15) is 10.8 Å². The van der Waals surface area contributed by atoms with Crippen molar-refractivity contribution in [3.05, 3.63) is 65.2 Å². The summed E-state index contributed by atoms with van der Waals surface area (Å²) in [5, 5.41) is 4.43. The molecule has 0 saturated heterocycles. The smallest absolute Gasteiger partial charge is 0.129 e. The second-order valence-corrected chi connectivity index (χ2v) is 5.84. The molecule has 4 heteroatoms. The Morgan fingerprint density at radius 2 is 2.14 bits per heavy atom. The largest absolute Gasteiger partial charge is 0.496 e. The molecule has 1 N–H and O–H groups in total. The predicted molar refractivity (Wildman–Crippen MR) is 86.7 cm³/mol. The number of hydrogen-bond donors (Lipinski definition) is 1. The van der Waals surface area contributed by atoms with Crippen LogP contribution >= 0.6 is 11.3 Å². The van der Waals surface area contributed by atoms with Gasteiger partial charge in [0.2, 0.25) is 0 Å². The minimum absolute atomic E-state index is 0.831. The minimum Gasteiger partial charge on any atom is -0.496 e. The fourth-order valence-corrected chi connectivity index (χ4v) is 3.11. The van der Waals surface area contributed by atoms with E-state index in [-0.39, 0.29) is 0 Å². The van der Waals surface area contributed by atoms with Gasteiger partial charge in [0.15, 0.2) is 0 Å². The zero-order chi connectivity index (χ0) is 14.5. The van der Waals surface area contributed by atoms with E-state index in [0.29, 0.717) is 0 Å². The number of aromatic nitrogens is 1. The van der Waals surface area contributed by atoms with Crippen LogP contribution in [0.4, 0.5) is 0 Å². The Labute approximate surface area is 128 Å². The number of thiazole rings is 1. The summed E-state index contributed by atoms with van der Waals surface area (Å²) in [6, 6.07) is 16.3. The number of ether oxygens (including phenoxy) is 1. The summed E-state index contributed by atoms with van der Waals surface area (Å²) >= 11 is 1.70. The topological polar surface area (TPSA) is 34.1 Å². The molecule has 108 valence electrons. The van der Waals surface area contributed by atoms with Gasteiger partial charge in [-0.1, -0.05) is 12.1 Å². The van der Waals surface area contributed by atoms with Crippen molar-refractivity contribution < 1.29 is 4.74 Å². The van der Waals surface area contributed by atoms with Crippen LogP contribution in [0.2, 0.25) is 0 Å². The summed E-state index contributed by atoms with van der Waals surface area (Å²) in [5.74, 6) is 0.864. The maximum Gasteiger partial charge on any atom is 0.129 e. The number of nitrogens with zero attached hydrogens (tertiary/aromatic N) is 1. The summed E-state index contributed by atoms with van der Waals surface area (Å²) in [6.07, 6.45) is 1.93. The lowest BCUT2D eigenvalue weighted by Gasteiger charge is -2.05. The van der Waals surface area contributed by atoms with Crippen LogP contribution in [0.3, 0.4) is 0 Å². The van der Waals surface area contributed by atoms with E-state index in [9.17, 15) is 0 Å². The molecular weight excluding hydrogens is 280 g/mol. The molecule has 3 nitrogen and oxygen atoms in total. The Morgan fingerprint density at radius 1 is 1.24 bits per heavy atom. The molecule has 0 unspecified atom stereocenters. The van der Waals surface area contributed by atoms with Crippen molar-refractivity contribution in [2.45, 2.75) is 13.1 Å². The van der Waals surface area contributed by atoms with Crippen LogP contribution in [-0.2, 0) is 13.1 Å². The van der Waals surface area contributed by atoms with Crippen molar-refractivity contribution >= 4 is 11.3 Å². The quantitative estimate of drug-likeness (QED) is 0.702. The molecule has 0 bridgehead atoms. The highest BCUT2D eigenvalue weighted by Gasteiger charge is 2.09. The van der Waals surface area contributed by atoms with Gasteiger partial charge in [-0.2, -0.15) is 23.8 Å². The van der Waals surface area contributed by atoms with Gasteiger partial charge in [-0.15, -0.1) is 11.3 Å². The van der Waals surface area contributed by atoms with E-state index in [2.05, 4.69) is 34.6 Å². The summed E-state index contributed by atoms with van der Waals surface area (Å²) in [7, 11) is 1.69. The third kappa shape index (κ3) is 3.35. The number of hydrogen-bond acceptors (Lipinski definition) is 4. The lowest BCUT2D eigenvalue weighted by atomic mass is 10.2. The van der Waals surface area contributed by atoms with Crippen molar-refractivity contribution in [3.63, 3.8) is 0 Å². The molecule has 0 aliphatic carbocycles. The first-order valence-corrected chi connectivity index (χ1v) is 7.68. The van der Waals surface area contributed by atoms with Crippen LogP contribution < -0.4 is 10.1 Å². The maximum absolute atomic E-state index is 5.39. The van der Waals surface area contributed by atoms with Crippen LogP contribution in [0.5, 0.6) is 5.75 Å². The number of para-hydroxylation sites is 1. The second kappa shape index (κ2) is 6.61. The zero-order valence-electron chi connectivity index (χ0n) is 11.9. The van der Waals surface area contributed by atoms with Gasteiger partial charge in [-0.3, -0.25) is 0 Å². The molecule has 0 radical (unpaired) electrons.